The van der Waals surface area contributed by atoms with Crippen molar-refractivity contribution in [2.75, 3.05) is 13.2 Å². The van der Waals surface area contributed by atoms with Gasteiger partial charge < -0.3 is 19.9 Å². The van der Waals surface area contributed by atoms with Crippen LogP contribution in [0, 0.1) is 17.8 Å². The van der Waals surface area contributed by atoms with Gasteiger partial charge in [0, 0.05) is 19.2 Å². The van der Waals surface area contributed by atoms with E-state index in [0.29, 0.717) is 42.0 Å². The van der Waals surface area contributed by atoms with Crippen molar-refractivity contribution in [3.8, 4) is 11.8 Å². The fourth-order valence-corrected chi connectivity index (χ4v) is 5.36. The van der Waals surface area contributed by atoms with Gasteiger partial charge in [0.2, 0.25) is 5.88 Å². The topological polar surface area (TPSA) is 137 Å². The number of ether oxygens (including phenoxy) is 2. The number of aliphatic carboxylic acids is 1. The fraction of sp³-hybridized carbons (Fsp3) is 0.423. The predicted molar refractivity (Wildman–Crippen MR) is 127 cm³/mol. The van der Waals surface area contributed by atoms with Gasteiger partial charge in [0.1, 0.15) is 12.2 Å². The number of carboxylic acids is 1. The van der Waals surface area contributed by atoms with Gasteiger partial charge in [-0.25, -0.2) is 14.4 Å². The van der Waals surface area contributed by atoms with Crippen LogP contribution in [0.4, 0.5) is 0 Å². The molecule has 0 radical (unpaired) electrons. The lowest BCUT2D eigenvalue weighted by Gasteiger charge is -2.47. The number of nitrogens with one attached hydrogen (secondary N) is 1. The summed E-state index contributed by atoms with van der Waals surface area (Å²) in [4.78, 5) is 28.2. The molecule has 36 heavy (non-hydrogen) atoms. The zero-order valence-electron chi connectivity index (χ0n) is 19.7. The molecule has 0 saturated heterocycles. The van der Waals surface area contributed by atoms with E-state index in [4.69, 9.17) is 19.2 Å². The molecule has 3 aliphatic carbocycles. The minimum absolute atomic E-state index is 0.00808. The third-order valence-corrected chi connectivity index (χ3v) is 7.13. The molecule has 2 N–H and O–H groups in total. The number of carbonyl (C=O) groups is 2. The zero-order valence-corrected chi connectivity index (χ0v) is 19.7. The van der Waals surface area contributed by atoms with Crippen molar-refractivity contribution >= 4 is 11.9 Å². The molecular formula is C26H28N4O6. The summed E-state index contributed by atoms with van der Waals surface area (Å²) in [6, 6.07) is 13.1. The van der Waals surface area contributed by atoms with E-state index in [1.807, 2.05) is 30.3 Å². The summed E-state index contributed by atoms with van der Waals surface area (Å²) in [7, 11) is 0. The van der Waals surface area contributed by atoms with E-state index in [2.05, 4.69) is 20.6 Å². The highest BCUT2D eigenvalue weighted by molar-refractivity contribution is 5.96. The number of carboxylic acid groups (broad SMARTS) is 1. The molecular weight excluding hydrogens is 464 g/mol. The molecule has 1 amide bonds. The number of nitrogens with zero attached hydrogens (tertiary/aromatic N) is 3. The van der Waals surface area contributed by atoms with Gasteiger partial charge in [0.15, 0.2) is 5.69 Å². The maximum Gasteiger partial charge on any atom is 0.329 e. The van der Waals surface area contributed by atoms with Gasteiger partial charge in [0.25, 0.3) is 11.8 Å². The average molecular weight is 493 g/mol. The van der Waals surface area contributed by atoms with Crippen LogP contribution in [0.3, 0.4) is 0 Å². The molecule has 10 heteroatoms. The lowest BCUT2D eigenvalue weighted by molar-refractivity contribution is -0.150. The monoisotopic (exact) mass is 492 g/mol. The summed E-state index contributed by atoms with van der Waals surface area (Å²) in [6.45, 7) is 0.276. The summed E-state index contributed by atoms with van der Waals surface area (Å²) < 4.78 is 16.4. The molecule has 188 valence electrons. The number of hydrogen-bond donors (Lipinski definition) is 2. The van der Waals surface area contributed by atoms with E-state index in [-0.39, 0.29) is 30.4 Å². The normalized spacial score (nSPS) is 22.8. The van der Waals surface area contributed by atoms with E-state index in [1.165, 1.54) is 0 Å². The van der Waals surface area contributed by atoms with Crippen molar-refractivity contribution in [2.45, 2.75) is 38.2 Å². The summed E-state index contributed by atoms with van der Waals surface area (Å²) in [6.07, 6.45) is 5.87. The Morgan fingerprint density at radius 2 is 1.86 bits per heavy atom. The smallest absolute Gasteiger partial charge is 0.329 e. The van der Waals surface area contributed by atoms with Gasteiger partial charge in [-0.3, -0.25) is 4.79 Å². The van der Waals surface area contributed by atoms with E-state index in [9.17, 15) is 9.59 Å². The number of carbonyl (C=O) groups excluding carboxylic acids is 1. The Morgan fingerprint density at radius 3 is 2.64 bits per heavy atom. The second kappa shape index (κ2) is 10.9. The van der Waals surface area contributed by atoms with Crippen LogP contribution in [0.15, 0.2) is 53.3 Å². The number of amides is 1. The first-order valence-electron chi connectivity index (χ1n) is 12.2. The van der Waals surface area contributed by atoms with E-state index in [0.717, 1.165) is 31.2 Å². The molecule has 6 rings (SSSR count). The molecule has 2 bridgehead atoms. The SMILES string of the molecule is O=C(O)COC1CC2CCC1CC2CNC(=O)c1cccnc1Oc1nonc1Cc1ccccc1. The van der Waals surface area contributed by atoms with Crippen LogP contribution in [0.5, 0.6) is 11.8 Å². The second-order valence-corrected chi connectivity index (χ2v) is 9.42. The maximum atomic E-state index is 13.1. The van der Waals surface area contributed by atoms with Crippen LogP contribution in [-0.4, -0.2) is 51.5 Å². The van der Waals surface area contributed by atoms with Crippen LogP contribution < -0.4 is 10.1 Å². The minimum Gasteiger partial charge on any atom is -0.480 e. The van der Waals surface area contributed by atoms with Crippen LogP contribution in [0.25, 0.3) is 0 Å². The summed E-state index contributed by atoms with van der Waals surface area (Å²) in [5.41, 5.74) is 1.83. The van der Waals surface area contributed by atoms with Gasteiger partial charge >= 0.3 is 5.97 Å². The van der Waals surface area contributed by atoms with Crippen LogP contribution >= 0.6 is 0 Å². The number of aromatic nitrogens is 3. The Kier molecular flexibility index (Phi) is 7.22. The molecule has 3 aromatic rings. The highest BCUT2D eigenvalue weighted by Crippen LogP contribution is 2.46. The molecule has 2 aromatic heterocycles. The Labute approximate surface area is 208 Å². The minimum atomic E-state index is -0.941. The molecule has 0 spiro atoms. The van der Waals surface area contributed by atoms with E-state index in [1.54, 1.807) is 18.3 Å². The van der Waals surface area contributed by atoms with Crippen molar-refractivity contribution in [1.82, 2.24) is 20.6 Å². The number of fused-ring (bicyclic) bond motifs is 3. The third kappa shape index (κ3) is 5.54. The van der Waals surface area contributed by atoms with Crippen molar-refractivity contribution in [2.24, 2.45) is 17.8 Å². The fourth-order valence-electron chi connectivity index (χ4n) is 5.36. The summed E-state index contributed by atoms with van der Waals surface area (Å²) in [5, 5.41) is 19.7. The van der Waals surface area contributed by atoms with Gasteiger partial charge in [-0.1, -0.05) is 35.5 Å². The van der Waals surface area contributed by atoms with Gasteiger partial charge in [0.05, 0.1) is 6.10 Å². The first-order chi connectivity index (χ1) is 17.6. The lowest BCUT2D eigenvalue weighted by atomic mass is 9.63. The first-order valence-corrected chi connectivity index (χ1v) is 12.2. The first kappa shape index (κ1) is 23.9. The van der Waals surface area contributed by atoms with Gasteiger partial charge in [-0.05, 0) is 66.3 Å². The van der Waals surface area contributed by atoms with Crippen LogP contribution in [0.2, 0.25) is 0 Å². The van der Waals surface area contributed by atoms with Crippen LogP contribution in [-0.2, 0) is 16.0 Å². The largest absolute Gasteiger partial charge is 0.480 e. The molecule has 3 fully saturated rings. The molecule has 10 nitrogen and oxygen atoms in total. The molecule has 2 heterocycles. The van der Waals surface area contributed by atoms with E-state index >= 15 is 0 Å². The molecule has 3 saturated carbocycles. The summed E-state index contributed by atoms with van der Waals surface area (Å²) >= 11 is 0. The molecule has 0 aliphatic heterocycles. The second-order valence-electron chi connectivity index (χ2n) is 9.42. The molecule has 3 aliphatic rings. The maximum absolute atomic E-state index is 13.1. The van der Waals surface area contributed by atoms with Crippen LogP contribution in [0.1, 0.15) is 47.3 Å². The summed E-state index contributed by atoms with van der Waals surface area (Å²) in [5.74, 6) is 0.144. The highest BCUT2D eigenvalue weighted by Gasteiger charge is 2.42. The van der Waals surface area contributed by atoms with Crippen molar-refractivity contribution in [3.05, 3.63) is 65.5 Å². The standard InChI is InChI=1S/C26H28N4O6/c31-23(32)15-34-22-13-17-8-9-18(22)12-19(17)14-28-24(33)20-7-4-10-27-25(20)35-26-21(29-36-30-26)11-16-5-2-1-3-6-16/h1-7,10,17-19,22H,8-9,11-15H2,(H,28,33)(H,31,32). The Morgan fingerprint density at radius 1 is 1.03 bits per heavy atom. The van der Waals surface area contributed by atoms with Gasteiger partial charge in [-0.15, -0.1) is 0 Å². The lowest BCUT2D eigenvalue weighted by Crippen LogP contribution is -2.46. The number of rotatable bonds is 10. The Balaban J connectivity index is 1.20. The van der Waals surface area contributed by atoms with Crippen molar-refractivity contribution in [3.63, 3.8) is 0 Å². The Bertz CT molecular complexity index is 1200. The van der Waals surface area contributed by atoms with Gasteiger partial charge in [-0.2, -0.15) is 0 Å². The average Bonchev–Trinajstić information content (AvgIpc) is 3.33. The molecule has 4 unspecified atom stereocenters. The Hall–Kier alpha value is -3.79. The third-order valence-electron chi connectivity index (χ3n) is 7.13. The number of pyridine rings is 1. The van der Waals surface area contributed by atoms with Crippen molar-refractivity contribution in [1.29, 1.82) is 0 Å². The molecule has 1 aromatic carbocycles. The molecule has 4 atom stereocenters. The number of benzene rings is 1. The number of hydrogen-bond acceptors (Lipinski definition) is 8. The predicted octanol–water partition coefficient (Wildman–Crippen LogP) is 3.48. The zero-order chi connectivity index (χ0) is 24.9. The van der Waals surface area contributed by atoms with Crippen molar-refractivity contribution < 1.29 is 28.8 Å². The van der Waals surface area contributed by atoms with E-state index < -0.39 is 5.97 Å². The highest BCUT2D eigenvalue weighted by atomic mass is 16.6. The quantitative estimate of drug-likeness (QED) is 0.436.